The SMILES string of the molecule is CCCCNC(=O)C(C)NCc1cn(C)nc1CC. The van der Waals surface area contributed by atoms with E-state index in [9.17, 15) is 4.79 Å². The van der Waals surface area contributed by atoms with Crippen LogP contribution in [-0.2, 0) is 24.8 Å². The topological polar surface area (TPSA) is 59.0 Å². The second-order valence-corrected chi connectivity index (χ2v) is 4.88. The number of carbonyl (C=O) groups is 1. The maximum Gasteiger partial charge on any atom is 0.236 e. The molecule has 0 aromatic carbocycles. The van der Waals surface area contributed by atoms with Gasteiger partial charge in [0.2, 0.25) is 5.91 Å². The first kappa shape index (κ1) is 15.7. The van der Waals surface area contributed by atoms with Crippen molar-refractivity contribution in [1.82, 2.24) is 20.4 Å². The fourth-order valence-corrected chi connectivity index (χ4v) is 1.93. The number of nitrogens with zero attached hydrogens (tertiary/aromatic N) is 2. The molecule has 1 unspecified atom stereocenters. The number of amides is 1. The number of aryl methyl sites for hydroxylation is 2. The van der Waals surface area contributed by atoms with E-state index in [4.69, 9.17) is 0 Å². The van der Waals surface area contributed by atoms with Crippen LogP contribution in [0.1, 0.15) is 44.9 Å². The molecule has 1 heterocycles. The monoisotopic (exact) mass is 266 g/mol. The maximum atomic E-state index is 11.8. The first-order chi connectivity index (χ1) is 9.08. The minimum absolute atomic E-state index is 0.0652. The second kappa shape index (κ2) is 7.94. The normalized spacial score (nSPS) is 12.4. The van der Waals surface area contributed by atoms with Crippen LogP contribution in [-0.4, -0.2) is 28.3 Å². The molecule has 1 aromatic rings. The van der Waals surface area contributed by atoms with Crippen LogP contribution in [0.25, 0.3) is 0 Å². The minimum atomic E-state index is -0.179. The third-order valence-corrected chi connectivity index (χ3v) is 3.15. The number of carbonyl (C=O) groups excluding carboxylic acids is 1. The minimum Gasteiger partial charge on any atom is -0.355 e. The standard InChI is InChI=1S/C14H26N4O/c1-5-7-8-15-14(19)11(3)16-9-12-10-18(4)17-13(12)6-2/h10-11,16H,5-9H2,1-4H3,(H,15,19). The highest BCUT2D eigenvalue weighted by molar-refractivity contribution is 5.81. The third-order valence-electron chi connectivity index (χ3n) is 3.15. The van der Waals surface area contributed by atoms with Crippen LogP contribution in [0.5, 0.6) is 0 Å². The lowest BCUT2D eigenvalue weighted by molar-refractivity contribution is -0.122. The summed E-state index contributed by atoms with van der Waals surface area (Å²) < 4.78 is 1.82. The van der Waals surface area contributed by atoms with E-state index in [-0.39, 0.29) is 11.9 Å². The van der Waals surface area contributed by atoms with E-state index in [2.05, 4.69) is 29.6 Å². The number of rotatable bonds is 8. The Morgan fingerprint density at radius 1 is 1.47 bits per heavy atom. The van der Waals surface area contributed by atoms with Crippen molar-refractivity contribution in [2.75, 3.05) is 6.54 Å². The lowest BCUT2D eigenvalue weighted by atomic mass is 10.2. The van der Waals surface area contributed by atoms with Gasteiger partial charge in [-0.3, -0.25) is 9.48 Å². The second-order valence-electron chi connectivity index (χ2n) is 4.88. The Hall–Kier alpha value is -1.36. The van der Waals surface area contributed by atoms with Crippen LogP contribution < -0.4 is 10.6 Å². The van der Waals surface area contributed by atoms with Crippen LogP contribution in [0, 0.1) is 0 Å². The van der Waals surface area contributed by atoms with Gasteiger partial charge in [0.25, 0.3) is 0 Å². The van der Waals surface area contributed by atoms with Gasteiger partial charge in [0, 0.05) is 31.9 Å². The molecular formula is C14H26N4O. The molecule has 5 heteroatoms. The fraction of sp³-hybridized carbons (Fsp3) is 0.714. The van der Waals surface area contributed by atoms with Gasteiger partial charge >= 0.3 is 0 Å². The molecule has 1 aromatic heterocycles. The van der Waals surface area contributed by atoms with Crippen molar-refractivity contribution in [1.29, 1.82) is 0 Å². The highest BCUT2D eigenvalue weighted by Crippen LogP contribution is 2.06. The first-order valence-corrected chi connectivity index (χ1v) is 7.10. The molecular weight excluding hydrogens is 240 g/mol. The highest BCUT2D eigenvalue weighted by Gasteiger charge is 2.13. The van der Waals surface area contributed by atoms with Crippen molar-refractivity contribution >= 4 is 5.91 Å². The summed E-state index contributed by atoms with van der Waals surface area (Å²) in [5, 5.41) is 10.6. The summed E-state index contributed by atoms with van der Waals surface area (Å²) in [5.41, 5.74) is 2.26. The predicted molar refractivity (Wildman–Crippen MR) is 76.8 cm³/mol. The van der Waals surface area contributed by atoms with Gasteiger partial charge in [-0.2, -0.15) is 5.10 Å². The molecule has 2 N–H and O–H groups in total. The fourth-order valence-electron chi connectivity index (χ4n) is 1.93. The third kappa shape index (κ3) is 5.03. The quantitative estimate of drug-likeness (QED) is 0.699. The van der Waals surface area contributed by atoms with Gasteiger partial charge in [-0.1, -0.05) is 20.3 Å². The number of hydrogen-bond acceptors (Lipinski definition) is 3. The van der Waals surface area contributed by atoms with Crippen molar-refractivity contribution in [3.8, 4) is 0 Å². The molecule has 0 radical (unpaired) electrons. The number of unbranched alkanes of at least 4 members (excludes halogenated alkanes) is 1. The average molecular weight is 266 g/mol. The molecule has 0 saturated carbocycles. The molecule has 0 bridgehead atoms. The van der Waals surface area contributed by atoms with Crippen LogP contribution >= 0.6 is 0 Å². The lowest BCUT2D eigenvalue weighted by Gasteiger charge is -2.13. The van der Waals surface area contributed by atoms with Gasteiger partial charge in [-0.25, -0.2) is 0 Å². The van der Waals surface area contributed by atoms with Crippen molar-refractivity contribution < 1.29 is 4.79 Å². The Morgan fingerprint density at radius 3 is 2.84 bits per heavy atom. The van der Waals surface area contributed by atoms with Gasteiger partial charge in [-0.15, -0.1) is 0 Å². The molecule has 0 aliphatic carbocycles. The largest absolute Gasteiger partial charge is 0.355 e. The molecule has 5 nitrogen and oxygen atoms in total. The van der Waals surface area contributed by atoms with E-state index in [1.165, 1.54) is 5.56 Å². The summed E-state index contributed by atoms with van der Waals surface area (Å²) in [6, 6.07) is -0.179. The van der Waals surface area contributed by atoms with E-state index in [0.717, 1.165) is 31.5 Å². The van der Waals surface area contributed by atoms with E-state index >= 15 is 0 Å². The Balaban J connectivity index is 2.40. The van der Waals surface area contributed by atoms with Gasteiger partial charge < -0.3 is 10.6 Å². The smallest absolute Gasteiger partial charge is 0.236 e. The van der Waals surface area contributed by atoms with E-state index < -0.39 is 0 Å². The molecule has 0 fully saturated rings. The summed E-state index contributed by atoms with van der Waals surface area (Å²) in [4.78, 5) is 11.8. The van der Waals surface area contributed by atoms with Crippen molar-refractivity contribution in [3.05, 3.63) is 17.5 Å². The molecule has 1 amide bonds. The summed E-state index contributed by atoms with van der Waals surface area (Å²) in [7, 11) is 1.92. The Kier molecular flexibility index (Phi) is 6.56. The van der Waals surface area contributed by atoms with Crippen LogP contribution in [0.15, 0.2) is 6.20 Å². The number of aromatic nitrogens is 2. The summed E-state index contributed by atoms with van der Waals surface area (Å²) in [5.74, 6) is 0.0652. The maximum absolute atomic E-state index is 11.8. The number of hydrogen-bond donors (Lipinski definition) is 2. The van der Waals surface area contributed by atoms with E-state index in [1.807, 2.05) is 24.9 Å². The van der Waals surface area contributed by atoms with E-state index in [0.29, 0.717) is 6.54 Å². The summed E-state index contributed by atoms with van der Waals surface area (Å²) in [6.07, 6.45) is 5.04. The molecule has 0 aliphatic heterocycles. The average Bonchev–Trinajstić information content (AvgIpc) is 2.76. The lowest BCUT2D eigenvalue weighted by Crippen LogP contribution is -2.42. The zero-order valence-electron chi connectivity index (χ0n) is 12.5. The zero-order valence-corrected chi connectivity index (χ0v) is 12.5. The zero-order chi connectivity index (χ0) is 14.3. The van der Waals surface area contributed by atoms with Crippen LogP contribution in [0.4, 0.5) is 0 Å². The van der Waals surface area contributed by atoms with Gasteiger partial charge in [0.05, 0.1) is 11.7 Å². The van der Waals surface area contributed by atoms with Crippen molar-refractivity contribution in [2.45, 2.75) is 52.6 Å². The Morgan fingerprint density at radius 2 is 2.21 bits per heavy atom. The van der Waals surface area contributed by atoms with Crippen molar-refractivity contribution in [3.63, 3.8) is 0 Å². The van der Waals surface area contributed by atoms with Crippen molar-refractivity contribution in [2.24, 2.45) is 7.05 Å². The highest BCUT2D eigenvalue weighted by atomic mass is 16.2. The molecule has 19 heavy (non-hydrogen) atoms. The van der Waals surface area contributed by atoms with Gasteiger partial charge in [0.15, 0.2) is 0 Å². The molecule has 1 atom stereocenters. The molecule has 0 spiro atoms. The van der Waals surface area contributed by atoms with Crippen LogP contribution in [0.2, 0.25) is 0 Å². The van der Waals surface area contributed by atoms with Gasteiger partial charge in [0.1, 0.15) is 0 Å². The first-order valence-electron chi connectivity index (χ1n) is 7.10. The van der Waals surface area contributed by atoms with Gasteiger partial charge in [-0.05, 0) is 19.8 Å². The molecule has 0 saturated heterocycles. The number of nitrogens with one attached hydrogen (secondary N) is 2. The summed E-state index contributed by atoms with van der Waals surface area (Å²) >= 11 is 0. The molecule has 108 valence electrons. The molecule has 1 rings (SSSR count). The Labute approximate surface area is 115 Å². The predicted octanol–water partition coefficient (Wildman–Crippen LogP) is 1.38. The van der Waals surface area contributed by atoms with E-state index in [1.54, 1.807) is 0 Å². The van der Waals surface area contributed by atoms with Crippen LogP contribution in [0.3, 0.4) is 0 Å². The Bertz CT molecular complexity index is 400. The summed E-state index contributed by atoms with van der Waals surface area (Å²) in [6.45, 7) is 7.53. The molecule has 0 aliphatic rings.